The number of carbonyl (C=O) groups excluding carboxylic acids is 1. The molecule has 0 spiro atoms. The van der Waals surface area contributed by atoms with Gasteiger partial charge in [-0.05, 0) is 24.4 Å². The van der Waals surface area contributed by atoms with Gasteiger partial charge in [0.05, 0.1) is 20.3 Å². The van der Waals surface area contributed by atoms with Crippen molar-refractivity contribution in [3.63, 3.8) is 0 Å². The third-order valence-corrected chi connectivity index (χ3v) is 3.90. The molecule has 1 aromatic heterocycles. The topological polar surface area (TPSA) is 47.6 Å². The summed E-state index contributed by atoms with van der Waals surface area (Å²) in [6, 6.07) is 4.17. The molecule has 1 aliphatic rings. The maximum atomic E-state index is 11.6. The highest BCUT2D eigenvalue weighted by molar-refractivity contribution is 7.09. The lowest BCUT2D eigenvalue weighted by Crippen LogP contribution is -2.55. The molecule has 1 aliphatic heterocycles. The molecule has 0 saturated carbocycles. The average molecular weight is 255 g/mol. The fourth-order valence-corrected chi connectivity index (χ4v) is 2.56. The van der Waals surface area contributed by atoms with E-state index in [4.69, 9.17) is 9.47 Å². The van der Waals surface area contributed by atoms with E-state index in [1.54, 1.807) is 11.3 Å². The Kier molecular flexibility index (Phi) is 4.15. The molecular formula is C12H17NO3S. The summed E-state index contributed by atoms with van der Waals surface area (Å²) in [5.74, 6) is -0.174. The van der Waals surface area contributed by atoms with E-state index in [-0.39, 0.29) is 5.97 Å². The van der Waals surface area contributed by atoms with Crippen molar-refractivity contribution in [2.45, 2.75) is 6.42 Å². The van der Waals surface area contributed by atoms with E-state index < -0.39 is 5.41 Å². The second-order valence-corrected chi connectivity index (χ2v) is 5.30. The summed E-state index contributed by atoms with van der Waals surface area (Å²) in [7, 11) is 1.42. The zero-order valence-electron chi connectivity index (χ0n) is 9.90. The Morgan fingerprint density at radius 1 is 1.65 bits per heavy atom. The molecule has 17 heavy (non-hydrogen) atoms. The summed E-state index contributed by atoms with van der Waals surface area (Å²) in [6.07, 6.45) is 0.996. The fraction of sp³-hybridized carbons (Fsp3) is 0.583. The second-order valence-electron chi connectivity index (χ2n) is 4.27. The van der Waals surface area contributed by atoms with Gasteiger partial charge in [-0.15, -0.1) is 11.3 Å². The molecule has 1 N–H and O–H groups in total. The first-order valence-corrected chi connectivity index (χ1v) is 6.54. The lowest BCUT2D eigenvalue weighted by atomic mass is 9.86. The van der Waals surface area contributed by atoms with Crippen LogP contribution in [0.5, 0.6) is 0 Å². The molecule has 1 saturated heterocycles. The van der Waals surface area contributed by atoms with Crippen molar-refractivity contribution in [1.82, 2.24) is 5.32 Å². The highest BCUT2D eigenvalue weighted by Gasteiger charge is 2.46. The van der Waals surface area contributed by atoms with Crippen LogP contribution in [0, 0.1) is 5.41 Å². The smallest absolute Gasteiger partial charge is 0.317 e. The van der Waals surface area contributed by atoms with Gasteiger partial charge in [0.1, 0.15) is 5.41 Å². The Hall–Kier alpha value is -0.910. The Balaban J connectivity index is 1.72. The van der Waals surface area contributed by atoms with Gasteiger partial charge in [-0.2, -0.15) is 0 Å². The summed E-state index contributed by atoms with van der Waals surface area (Å²) in [5.41, 5.74) is -0.454. The van der Waals surface area contributed by atoms with Gasteiger partial charge >= 0.3 is 5.97 Å². The van der Waals surface area contributed by atoms with Crippen molar-refractivity contribution in [2.75, 3.05) is 33.4 Å². The lowest BCUT2D eigenvalue weighted by molar-refractivity contribution is -0.182. The van der Waals surface area contributed by atoms with Gasteiger partial charge < -0.3 is 14.8 Å². The molecule has 0 radical (unpaired) electrons. The van der Waals surface area contributed by atoms with Gasteiger partial charge in [-0.25, -0.2) is 0 Å². The minimum atomic E-state index is -0.454. The largest absolute Gasteiger partial charge is 0.468 e. The van der Waals surface area contributed by atoms with Gasteiger partial charge in [-0.1, -0.05) is 6.07 Å². The summed E-state index contributed by atoms with van der Waals surface area (Å²) in [6.45, 7) is 2.43. The zero-order valence-corrected chi connectivity index (χ0v) is 10.7. The molecule has 0 aliphatic carbocycles. The van der Waals surface area contributed by atoms with E-state index in [1.807, 2.05) is 0 Å². The van der Waals surface area contributed by atoms with Gasteiger partial charge in [0.25, 0.3) is 0 Å². The molecule has 1 fully saturated rings. The van der Waals surface area contributed by atoms with Crippen LogP contribution in [-0.4, -0.2) is 39.4 Å². The predicted octanol–water partition coefficient (Wildman–Crippen LogP) is 1.07. The molecule has 0 unspecified atom stereocenters. The number of thiophene rings is 1. The van der Waals surface area contributed by atoms with Crippen molar-refractivity contribution in [3.05, 3.63) is 22.4 Å². The van der Waals surface area contributed by atoms with E-state index >= 15 is 0 Å². The number of hydrogen-bond acceptors (Lipinski definition) is 5. The molecule has 2 heterocycles. The van der Waals surface area contributed by atoms with Crippen molar-refractivity contribution in [1.29, 1.82) is 0 Å². The molecule has 0 atom stereocenters. The molecular weight excluding hydrogens is 238 g/mol. The average Bonchev–Trinajstić information content (AvgIpc) is 2.79. The van der Waals surface area contributed by atoms with Gasteiger partial charge in [0.2, 0.25) is 0 Å². The maximum Gasteiger partial charge on any atom is 0.317 e. The van der Waals surface area contributed by atoms with Crippen LogP contribution < -0.4 is 5.32 Å². The molecule has 4 nitrogen and oxygen atoms in total. The SMILES string of the molecule is COC(=O)C1(CNCCc2cccs2)COC1. The normalized spacial score (nSPS) is 17.5. The van der Waals surface area contributed by atoms with Gasteiger partial charge in [-0.3, -0.25) is 4.79 Å². The van der Waals surface area contributed by atoms with Crippen LogP contribution in [0.1, 0.15) is 4.88 Å². The first-order chi connectivity index (χ1) is 8.27. The van der Waals surface area contributed by atoms with Crippen molar-refractivity contribution in [3.8, 4) is 0 Å². The Labute approximate surface area is 105 Å². The maximum absolute atomic E-state index is 11.6. The predicted molar refractivity (Wildman–Crippen MR) is 66.2 cm³/mol. The van der Waals surface area contributed by atoms with Crippen LogP contribution in [0.2, 0.25) is 0 Å². The molecule has 5 heteroatoms. The fourth-order valence-electron chi connectivity index (χ4n) is 1.85. The second kappa shape index (κ2) is 5.62. The highest BCUT2D eigenvalue weighted by atomic mass is 32.1. The number of nitrogens with one attached hydrogen (secondary N) is 1. The standard InChI is InChI=1S/C12H17NO3S/c1-15-11(14)12(8-16-9-12)7-13-5-4-10-3-2-6-17-10/h2-3,6,13H,4-5,7-9H2,1H3. The summed E-state index contributed by atoms with van der Waals surface area (Å²) in [4.78, 5) is 13.0. The van der Waals surface area contributed by atoms with Crippen molar-refractivity contribution < 1.29 is 14.3 Å². The van der Waals surface area contributed by atoms with Crippen LogP contribution in [-0.2, 0) is 20.7 Å². The number of ether oxygens (including phenoxy) is 2. The molecule has 0 amide bonds. The van der Waals surface area contributed by atoms with Crippen molar-refractivity contribution >= 4 is 17.3 Å². The Morgan fingerprint density at radius 3 is 3.00 bits per heavy atom. The third-order valence-electron chi connectivity index (χ3n) is 2.97. The Bertz CT molecular complexity index is 360. The monoisotopic (exact) mass is 255 g/mol. The quantitative estimate of drug-likeness (QED) is 0.610. The number of esters is 1. The first-order valence-electron chi connectivity index (χ1n) is 5.66. The van der Waals surface area contributed by atoms with E-state index in [0.717, 1.165) is 13.0 Å². The first kappa shape index (κ1) is 12.5. The van der Waals surface area contributed by atoms with Gasteiger partial charge in [0, 0.05) is 11.4 Å². The summed E-state index contributed by atoms with van der Waals surface area (Å²) < 4.78 is 9.93. The number of carbonyl (C=O) groups is 1. The lowest BCUT2D eigenvalue weighted by Gasteiger charge is -2.38. The third kappa shape index (κ3) is 2.86. The summed E-state index contributed by atoms with van der Waals surface area (Å²) >= 11 is 1.76. The summed E-state index contributed by atoms with van der Waals surface area (Å²) in [5, 5.41) is 5.38. The highest BCUT2D eigenvalue weighted by Crippen LogP contribution is 2.28. The molecule has 0 bridgehead atoms. The minimum absolute atomic E-state index is 0.174. The van der Waals surface area contributed by atoms with Crippen LogP contribution in [0.3, 0.4) is 0 Å². The van der Waals surface area contributed by atoms with E-state index in [0.29, 0.717) is 19.8 Å². The molecule has 1 aromatic rings. The molecule has 2 rings (SSSR count). The zero-order chi connectivity index (χ0) is 12.1. The van der Waals surface area contributed by atoms with Crippen LogP contribution in [0.4, 0.5) is 0 Å². The molecule has 94 valence electrons. The van der Waals surface area contributed by atoms with Gasteiger partial charge in [0.15, 0.2) is 0 Å². The number of methoxy groups -OCH3 is 1. The van der Waals surface area contributed by atoms with E-state index in [2.05, 4.69) is 22.8 Å². The minimum Gasteiger partial charge on any atom is -0.468 e. The van der Waals surface area contributed by atoms with Crippen LogP contribution in [0.15, 0.2) is 17.5 Å². The van der Waals surface area contributed by atoms with Crippen LogP contribution >= 0.6 is 11.3 Å². The molecule has 0 aromatic carbocycles. The van der Waals surface area contributed by atoms with E-state index in [1.165, 1.54) is 12.0 Å². The van der Waals surface area contributed by atoms with Crippen LogP contribution in [0.25, 0.3) is 0 Å². The Morgan fingerprint density at radius 2 is 2.47 bits per heavy atom. The van der Waals surface area contributed by atoms with E-state index in [9.17, 15) is 4.79 Å². The van der Waals surface area contributed by atoms with Crippen molar-refractivity contribution in [2.24, 2.45) is 5.41 Å². The number of rotatable bonds is 6. The number of hydrogen-bond donors (Lipinski definition) is 1.